The minimum absolute atomic E-state index is 0.0356. The Bertz CT molecular complexity index is 560. The fraction of sp³-hybridized carbons (Fsp3) is 0.188. The Morgan fingerprint density at radius 3 is 2.52 bits per heavy atom. The highest BCUT2D eigenvalue weighted by atomic mass is 32.2. The number of thioether (sulfide) groups is 1. The molecule has 2 aromatic carbocycles. The molecular formula is C16H16FNO2S. The van der Waals surface area contributed by atoms with Crippen LogP contribution in [-0.2, 0) is 4.79 Å². The van der Waals surface area contributed by atoms with Gasteiger partial charge in [0, 0.05) is 4.90 Å². The first-order chi connectivity index (χ1) is 10.2. The molecule has 0 radical (unpaired) electrons. The number of halogens is 1. The average Bonchev–Trinajstić information content (AvgIpc) is 2.52. The molecule has 0 aromatic heterocycles. The van der Waals surface area contributed by atoms with Crippen LogP contribution in [0.15, 0.2) is 59.5 Å². The number of hydrogen-bond acceptors (Lipinski definition) is 3. The zero-order valence-electron chi connectivity index (χ0n) is 11.4. The van der Waals surface area contributed by atoms with Gasteiger partial charge in [0.1, 0.15) is 18.2 Å². The van der Waals surface area contributed by atoms with Crippen molar-refractivity contribution >= 4 is 17.7 Å². The molecule has 0 heterocycles. The summed E-state index contributed by atoms with van der Waals surface area (Å²) in [5.41, 5.74) is 0. The van der Waals surface area contributed by atoms with Crippen LogP contribution >= 0.6 is 11.8 Å². The fourth-order valence-corrected chi connectivity index (χ4v) is 2.36. The fourth-order valence-electron chi connectivity index (χ4n) is 1.61. The third-order valence-corrected chi connectivity index (χ3v) is 3.63. The van der Waals surface area contributed by atoms with E-state index in [4.69, 9.17) is 4.74 Å². The Hall–Kier alpha value is -2.01. The molecule has 1 N–H and O–H groups in total. The van der Waals surface area contributed by atoms with Crippen LogP contribution in [0.25, 0.3) is 0 Å². The average molecular weight is 305 g/mol. The Morgan fingerprint density at radius 1 is 1.10 bits per heavy atom. The molecule has 0 saturated heterocycles. The van der Waals surface area contributed by atoms with E-state index in [2.05, 4.69) is 5.32 Å². The molecule has 1 amide bonds. The third kappa shape index (κ3) is 5.87. The first-order valence-electron chi connectivity index (χ1n) is 6.57. The zero-order chi connectivity index (χ0) is 14.9. The van der Waals surface area contributed by atoms with Gasteiger partial charge in [0.05, 0.1) is 12.3 Å². The van der Waals surface area contributed by atoms with Gasteiger partial charge in [-0.25, -0.2) is 4.39 Å². The van der Waals surface area contributed by atoms with Crippen LogP contribution in [0, 0.1) is 5.82 Å². The smallest absolute Gasteiger partial charge is 0.230 e. The van der Waals surface area contributed by atoms with Gasteiger partial charge < -0.3 is 10.1 Å². The van der Waals surface area contributed by atoms with E-state index in [-0.39, 0.29) is 11.7 Å². The van der Waals surface area contributed by atoms with Crippen molar-refractivity contribution in [2.24, 2.45) is 0 Å². The van der Waals surface area contributed by atoms with Gasteiger partial charge in [-0.15, -0.1) is 11.8 Å². The molecular weight excluding hydrogens is 289 g/mol. The van der Waals surface area contributed by atoms with Crippen molar-refractivity contribution in [1.82, 2.24) is 5.32 Å². The maximum Gasteiger partial charge on any atom is 0.230 e. The Kier molecular flexibility index (Phi) is 6.09. The Morgan fingerprint density at radius 2 is 1.81 bits per heavy atom. The number of rotatable bonds is 7. The molecule has 0 bridgehead atoms. The third-order valence-electron chi connectivity index (χ3n) is 2.62. The largest absolute Gasteiger partial charge is 0.492 e. The molecule has 110 valence electrons. The number of benzene rings is 2. The van der Waals surface area contributed by atoms with E-state index in [9.17, 15) is 9.18 Å². The van der Waals surface area contributed by atoms with Crippen LogP contribution < -0.4 is 10.1 Å². The van der Waals surface area contributed by atoms with E-state index in [0.29, 0.717) is 24.7 Å². The number of ether oxygens (including phenoxy) is 1. The summed E-state index contributed by atoms with van der Waals surface area (Å²) >= 11 is 1.49. The number of carbonyl (C=O) groups is 1. The van der Waals surface area contributed by atoms with Crippen LogP contribution in [0.1, 0.15) is 0 Å². The van der Waals surface area contributed by atoms with Crippen molar-refractivity contribution in [3.05, 3.63) is 60.4 Å². The van der Waals surface area contributed by atoms with Gasteiger partial charge >= 0.3 is 0 Å². The minimum atomic E-state index is -0.298. The first kappa shape index (κ1) is 15.4. The Balaban J connectivity index is 1.60. The van der Waals surface area contributed by atoms with Crippen molar-refractivity contribution in [2.75, 3.05) is 18.9 Å². The predicted octanol–water partition coefficient (Wildman–Crippen LogP) is 3.11. The maximum atomic E-state index is 12.7. The molecule has 0 unspecified atom stereocenters. The predicted molar refractivity (Wildman–Crippen MR) is 82.1 cm³/mol. The first-order valence-corrected chi connectivity index (χ1v) is 7.55. The van der Waals surface area contributed by atoms with Crippen molar-refractivity contribution in [3.63, 3.8) is 0 Å². The summed E-state index contributed by atoms with van der Waals surface area (Å²) in [4.78, 5) is 12.7. The highest BCUT2D eigenvalue weighted by molar-refractivity contribution is 8.00. The highest BCUT2D eigenvalue weighted by Crippen LogP contribution is 2.16. The van der Waals surface area contributed by atoms with E-state index in [1.807, 2.05) is 30.3 Å². The summed E-state index contributed by atoms with van der Waals surface area (Å²) in [7, 11) is 0. The molecule has 5 heteroatoms. The lowest BCUT2D eigenvalue weighted by molar-refractivity contribution is -0.118. The lowest BCUT2D eigenvalue weighted by atomic mass is 10.3. The summed E-state index contributed by atoms with van der Waals surface area (Å²) in [6, 6.07) is 15.6. The lowest BCUT2D eigenvalue weighted by Gasteiger charge is -2.07. The minimum Gasteiger partial charge on any atom is -0.492 e. The van der Waals surface area contributed by atoms with Crippen LogP contribution in [0.5, 0.6) is 5.75 Å². The molecule has 2 aromatic rings. The number of carbonyl (C=O) groups excluding carboxylic acids is 1. The van der Waals surface area contributed by atoms with E-state index in [1.54, 1.807) is 12.1 Å². The molecule has 0 saturated carbocycles. The van der Waals surface area contributed by atoms with Gasteiger partial charge in [-0.2, -0.15) is 0 Å². The molecule has 2 rings (SSSR count). The summed E-state index contributed by atoms with van der Waals surface area (Å²) in [6.45, 7) is 0.777. The highest BCUT2D eigenvalue weighted by Gasteiger charge is 2.02. The number of hydrogen-bond donors (Lipinski definition) is 1. The normalized spacial score (nSPS) is 10.1. The molecule has 0 spiro atoms. The molecule has 0 aliphatic rings. The Labute approximate surface area is 127 Å². The van der Waals surface area contributed by atoms with Crippen molar-refractivity contribution < 1.29 is 13.9 Å². The second-order valence-corrected chi connectivity index (χ2v) is 5.30. The molecule has 0 aliphatic carbocycles. The maximum absolute atomic E-state index is 12.7. The summed E-state index contributed by atoms with van der Waals surface area (Å²) < 4.78 is 18.1. The standard InChI is InChI=1S/C16H16FNO2S/c17-13-6-8-14(9-7-13)20-11-10-18-16(19)12-21-15-4-2-1-3-5-15/h1-9H,10-12H2,(H,18,19). The van der Waals surface area contributed by atoms with Crippen LogP contribution in [0.3, 0.4) is 0 Å². The van der Waals surface area contributed by atoms with E-state index in [0.717, 1.165) is 4.90 Å². The molecule has 0 fully saturated rings. The van der Waals surface area contributed by atoms with Gasteiger partial charge in [-0.3, -0.25) is 4.79 Å². The molecule has 3 nitrogen and oxygen atoms in total. The van der Waals surface area contributed by atoms with Crippen molar-refractivity contribution in [3.8, 4) is 5.75 Å². The van der Waals surface area contributed by atoms with Gasteiger partial charge in [0.25, 0.3) is 0 Å². The van der Waals surface area contributed by atoms with E-state index in [1.165, 1.54) is 23.9 Å². The monoisotopic (exact) mass is 305 g/mol. The van der Waals surface area contributed by atoms with Gasteiger partial charge in [0.2, 0.25) is 5.91 Å². The van der Waals surface area contributed by atoms with E-state index >= 15 is 0 Å². The van der Waals surface area contributed by atoms with Crippen LogP contribution in [0.2, 0.25) is 0 Å². The van der Waals surface area contributed by atoms with Gasteiger partial charge in [-0.05, 0) is 36.4 Å². The lowest BCUT2D eigenvalue weighted by Crippen LogP contribution is -2.29. The van der Waals surface area contributed by atoms with Crippen molar-refractivity contribution in [1.29, 1.82) is 0 Å². The number of amides is 1. The quantitative estimate of drug-likeness (QED) is 0.631. The summed E-state index contributed by atoms with van der Waals surface area (Å²) in [6.07, 6.45) is 0. The van der Waals surface area contributed by atoms with Crippen LogP contribution in [0.4, 0.5) is 4.39 Å². The topological polar surface area (TPSA) is 38.3 Å². The van der Waals surface area contributed by atoms with E-state index < -0.39 is 0 Å². The molecule has 21 heavy (non-hydrogen) atoms. The van der Waals surface area contributed by atoms with Crippen LogP contribution in [-0.4, -0.2) is 24.8 Å². The number of nitrogens with one attached hydrogen (secondary N) is 1. The molecule has 0 atom stereocenters. The van der Waals surface area contributed by atoms with Gasteiger partial charge in [0.15, 0.2) is 0 Å². The second kappa shape index (κ2) is 8.32. The molecule has 0 aliphatic heterocycles. The summed E-state index contributed by atoms with van der Waals surface area (Å²) in [5.74, 6) is 0.630. The SMILES string of the molecule is O=C(CSc1ccccc1)NCCOc1ccc(F)cc1. The second-order valence-electron chi connectivity index (χ2n) is 4.25. The summed E-state index contributed by atoms with van der Waals surface area (Å²) in [5, 5.41) is 2.78. The zero-order valence-corrected chi connectivity index (χ0v) is 12.2. The van der Waals surface area contributed by atoms with Gasteiger partial charge in [-0.1, -0.05) is 18.2 Å². The van der Waals surface area contributed by atoms with Crippen molar-refractivity contribution in [2.45, 2.75) is 4.90 Å².